The van der Waals surface area contributed by atoms with Gasteiger partial charge in [0.05, 0.1) is 5.56 Å². The SMILES string of the molecule is O=C(COC(=O)c1ccc(Cl)cc1F)NC(=O)NC1CCCC1. The summed E-state index contributed by atoms with van der Waals surface area (Å²) < 4.78 is 18.2. The van der Waals surface area contributed by atoms with Crippen molar-refractivity contribution in [2.75, 3.05) is 6.61 Å². The highest BCUT2D eigenvalue weighted by Crippen LogP contribution is 2.17. The third-order valence-electron chi connectivity index (χ3n) is 3.43. The smallest absolute Gasteiger partial charge is 0.341 e. The van der Waals surface area contributed by atoms with Crippen LogP contribution in [0.2, 0.25) is 5.02 Å². The molecule has 0 aliphatic heterocycles. The summed E-state index contributed by atoms with van der Waals surface area (Å²) in [5.74, 6) is -2.64. The molecule has 1 aromatic carbocycles. The molecule has 0 bridgehead atoms. The first-order valence-corrected chi connectivity index (χ1v) is 7.56. The van der Waals surface area contributed by atoms with E-state index in [1.807, 2.05) is 0 Å². The van der Waals surface area contributed by atoms with Crippen LogP contribution in [0.15, 0.2) is 18.2 Å². The second-order valence-electron chi connectivity index (χ2n) is 5.20. The standard InChI is InChI=1S/C15H16ClFN2O4/c16-9-5-6-11(12(17)7-9)14(21)23-8-13(20)19-15(22)18-10-3-1-2-4-10/h5-7,10H,1-4,8H2,(H2,18,19,20,22). The summed E-state index contributed by atoms with van der Waals surface area (Å²) in [6.45, 7) is -0.682. The predicted octanol–water partition coefficient (Wildman–Crippen LogP) is 2.40. The van der Waals surface area contributed by atoms with Crippen LogP contribution in [0.5, 0.6) is 0 Å². The van der Waals surface area contributed by atoms with Crippen LogP contribution in [-0.2, 0) is 9.53 Å². The molecular formula is C15H16ClFN2O4. The van der Waals surface area contributed by atoms with E-state index in [-0.39, 0.29) is 16.6 Å². The molecule has 1 aliphatic carbocycles. The van der Waals surface area contributed by atoms with E-state index in [0.717, 1.165) is 37.8 Å². The zero-order valence-electron chi connectivity index (χ0n) is 12.2. The van der Waals surface area contributed by atoms with Crippen LogP contribution in [0, 0.1) is 5.82 Å². The van der Waals surface area contributed by atoms with E-state index in [1.54, 1.807) is 0 Å². The van der Waals surface area contributed by atoms with Gasteiger partial charge in [-0.25, -0.2) is 14.0 Å². The molecular weight excluding hydrogens is 327 g/mol. The van der Waals surface area contributed by atoms with E-state index in [4.69, 9.17) is 11.6 Å². The molecule has 1 aliphatic rings. The number of imide groups is 1. The lowest BCUT2D eigenvalue weighted by molar-refractivity contribution is -0.123. The third kappa shape index (κ3) is 5.21. The Morgan fingerprint density at radius 3 is 2.61 bits per heavy atom. The Balaban J connectivity index is 1.77. The van der Waals surface area contributed by atoms with Gasteiger partial charge in [0, 0.05) is 11.1 Å². The minimum Gasteiger partial charge on any atom is -0.452 e. The lowest BCUT2D eigenvalue weighted by Crippen LogP contribution is -2.45. The van der Waals surface area contributed by atoms with Gasteiger partial charge in [0.25, 0.3) is 5.91 Å². The average Bonchev–Trinajstić information content (AvgIpc) is 2.97. The fraction of sp³-hybridized carbons (Fsp3) is 0.400. The fourth-order valence-corrected chi connectivity index (χ4v) is 2.48. The molecule has 2 N–H and O–H groups in total. The summed E-state index contributed by atoms with van der Waals surface area (Å²) in [6.07, 6.45) is 3.85. The normalized spacial score (nSPS) is 14.3. The predicted molar refractivity (Wildman–Crippen MR) is 80.6 cm³/mol. The van der Waals surface area contributed by atoms with E-state index in [1.165, 1.54) is 6.07 Å². The van der Waals surface area contributed by atoms with E-state index in [0.29, 0.717) is 0 Å². The minimum atomic E-state index is -1.01. The molecule has 1 fully saturated rings. The number of hydrogen-bond acceptors (Lipinski definition) is 4. The van der Waals surface area contributed by atoms with Crippen molar-refractivity contribution in [1.29, 1.82) is 0 Å². The number of ether oxygens (including phenoxy) is 1. The van der Waals surface area contributed by atoms with Crippen LogP contribution in [0.4, 0.5) is 9.18 Å². The maximum absolute atomic E-state index is 13.5. The number of amides is 3. The summed E-state index contributed by atoms with van der Waals surface area (Å²) >= 11 is 5.58. The first-order chi connectivity index (χ1) is 11.0. The van der Waals surface area contributed by atoms with Crippen molar-refractivity contribution in [3.05, 3.63) is 34.6 Å². The molecule has 2 rings (SSSR count). The summed E-state index contributed by atoms with van der Waals surface area (Å²) in [4.78, 5) is 34.8. The van der Waals surface area contributed by atoms with Crippen LogP contribution in [0.3, 0.4) is 0 Å². The fourth-order valence-electron chi connectivity index (χ4n) is 2.32. The number of carbonyl (C=O) groups excluding carboxylic acids is 3. The lowest BCUT2D eigenvalue weighted by atomic mass is 10.2. The average molecular weight is 343 g/mol. The van der Waals surface area contributed by atoms with E-state index in [2.05, 4.69) is 15.4 Å². The number of esters is 1. The molecule has 0 spiro atoms. The highest BCUT2D eigenvalue weighted by atomic mass is 35.5. The Bertz CT molecular complexity index is 617. The maximum Gasteiger partial charge on any atom is 0.341 e. The molecule has 6 nitrogen and oxygen atoms in total. The Kier molecular flexibility index (Phi) is 5.92. The van der Waals surface area contributed by atoms with Crippen LogP contribution >= 0.6 is 11.6 Å². The van der Waals surface area contributed by atoms with Crippen LogP contribution < -0.4 is 10.6 Å². The monoisotopic (exact) mass is 342 g/mol. The molecule has 0 atom stereocenters. The Morgan fingerprint density at radius 1 is 1.26 bits per heavy atom. The van der Waals surface area contributed by atoms with Gasteiger partial charge in [-0.3, -0.25) is 10.1 Å². The maximum atomic E-state index is 13.5. The number of hydrogen-bond donors (Lipinski definition) is 2. The first kappa shape index (κ1) is 17.2. The van der Waals surface area contributed by atoms with Crippen molar-refractivity contribution >= 4 is 29.5 Å². The van der Waals surface area contributed by atoms with Crippen LogP contribution in [-0.4, -0.2) is 30.6 Å². The van der Waals surface area contributed by atoms with Gasteiger partial charge in [-0.2, -0.15) is 0 Å². The molecule has 0 heterocycles. The second-order valence-corrected chi connectivity index (χ2v) is 5.64. The van der Waals surface area contributed by atoms with Crippen molar-refractivity contribution in [3.63, 3.8) is 0 Å². The molecule has 23 heavy (non-hydrogen) atoms. The van der Waals surface area contributed by atoms with Crippen LogP contribution in [0.1, 0.15) is 36.0 Å². The molecule has 1 aromatic rings. The number of benzene rings is 1. The van der Waals surface area contributed by atoms with Crippen molar-refractivity contribution in [2.24, 2.45) is 0 Å². The zero-order chi connectivity index (χ0) is 16.8. The van der Waals surface area contributed by atoms with Crippen LogP contribution in [0.25, 0.3) is 0 Å². The first-order valence-electron chi connectivity index (χ1n) is 7.18. The molecule has 1 saturated carbocycles. The van der Waals surface area contributed by atoms with Gasteiger partial charge < -0.3 is 10.1 Å². The summed E-state index contributed by atoms with van der Waals surface area (Å²) in [6, 6.07) is 2.89. The molecule has 0 unspecified atom stereocenters. The number of halogens is 2. The van der Waals surface area contributed by atoms with Gasteiger partial charge in [0.1, 0.15) is 5.82 Å². The topological polar surface area (TPSA) is 84.5 Å². The Labute approximate surface area is 137 Å². The zero-order valence-corrected chi connectivity index (χ0v) is 13.0. The van der Waals surface area contributed by atoms with Gasteiger partial charge in [-0.05, 0) is 31.0 Å². The number of carbonyl (C=O) groups is 3. The van der Waals surface area contributed by atoms with E-state index in [9.17, 15) is 18.8 Å². The summed E-state index contributed by atoms with van der Waals surface area (Å²) in [5.41, 5.74) is -0.336. The third-order valence-corrected chi connectivity index (χ3v) is 3.66. The molecule has 124 valence electrons. The summed E-state index contributed by atoms with van der Waals surface area (Å²) in [7, 11) is 0. The highest BCUT2D eigenvalue weighted by Gasteiger charge is 2.19. The highest BCUT2D eigenvalue weighted by molar-refractivity contribution is 6.30. The number of rotatable bonds is 4. The van der Waals surface area contributed by atoms with Crippen molar-refractivity contribution in [1.82, 2.24) is 10.6 Å². The Morgan fingerprint density at radius 2 is 1.96 bits per heavy atom. The van der Waals surface area contributed by atoms with Gasteiger partial charge >= 0.3 is 12.0 Å². The van der Waals surface area contributed by atoms with Gasteiger partial charge in [-0.15, -0.1) is 0 Å². The summed E-state index contributed by atoms with van der Waals surface area (Å²) in [5, 5.41) is 4.85. The van der Waals surface area contributed by atoms with Gasteiger partial charge in [0.15, 0.2) is 6.61 Å². The van der Waals surface area contributed by atoms with Gasteiger partial charge in [0.2, 0.25) is 0 Å². The molecule has 0 aromatic heterocycles. The Hall–Kier alpha value is -2.15. The largest absolute Gasteiger partial charge is 0.452 e. The second kappa shape index (κ2) is 7.92. The minimum absolute atomic E-state index is 0.0634. The molecule has 0 radical (unpaired) electrons. The number of urea groups is 1. The van der Waals surface area contributed by atoms with E-state index >= 15 is 0 Å². The van der Waals surface area contributed by atoms with Gasteiger partial charge in [-0.1, -0.05) is 24.4 Å². The molecule has 0 saturated heterocycles. The van der Waals surface area contributed by atoms with Crippen molar-refractivity contribution in [2.45, 2.75) is 31.7 Å². The van der Waals surface area contributed by atoms with Crippen molar-refractivity contribution < 1.29 is 23.5 Å². The quantitative estimate of drug-likeness (QED) is 0.823. The lowest BCUT2D eigenvalue weighted by Gasteiger charge is -2.12. The number of nitrogens with one attached hydrogen (secondary N) is 2. The van der Waals surface area contributed by atoms with E-state index < -0.39 is 30.3 Å². The molecule has 3 amide bonds. The molecule has 8 heteroatoms. The van der Waals surface area contributed by atoms with Crippen molar-refractivity contribution in [3.8, 4) is 0 Å².